The molecule has 0 aromatic rings. The number of ether oxygens (including phenoxy) is 4. The molecule has 0 aliphatic rings. The molecule has 0 fully saturated rings. The summed E-state index contributed by atoms with van der Waals surface area (Å²) in [5.41, 5.74) is 0. The molecule has 0 aromatic carbocycles. The molecule has 0 aromatic heterocycles. The molecule has 0 bridgehead atoms. The SMILES string of the molecule is CCCCCCCCCCCC(=O)O[C@H](COC(=O)CCCCCCCCCC)COP(=O)(O)OC[C@H](O)COP(=O)(O)OC[C@@H](COC(=O)CCCCCCCCCC(C)C)OC(=O)CCCCCCCCCCCCCCCCC(C)CC. The highest BCUT2D eigenvalue weighted by Gasteiger charge is 2.30. The first-order chi connectivity index (χ1) is 40.9. The van der Waals surface area contributed by atoms with Crippen LogP contribution in [0.5, 0.6) is 0 Å². The summed E-state index contributed by atoms with van der Waals surface area (Å²) in [6, 6.07) is 0. The fourth-order valence-electron chi connectivity index (χ4n) is 9.85. The molecule has 3 N–H and O–H groups in total. The molecule has 85 heavy (non-hydrogen) atoms. The third-order valence-electron chi connectivity index (χ3n) is 15.6. The Hall–Kier alpha value is -1.94. The monoisotopic (exact) mass is 1250 g/mol. The second-order valence-electron chi connectivity index (χ2n) is 24.6. The van der Waals surface area contributed by atoms with E-state index in [1.54, 1.807) is 0 Å². The fraction of sp³-hybridized carbons (Fsp3) is 0.939. The molecule has 0 rings (SSSR count). The maximum Gasteiger partial charge on any atom is 0.472 e. The predicted molar refractivity (Wildman–Crippen MR) is 340 cm³/mol. The first-order valence-corrected chi connectivity index (χ1v) is 37.5. The number of carbonyl (C=O) groups excluding carboxylic acids is 4. The number of rotatable bonds is 65. The lowest BCUT2D eigenvalue weighted by Crippen LogP contribution is -2.30. The summed E-state index contributed by atoms with van der Waals surface area (Å²) in [4.78, 5) is 72.2. The van der Waals surface area contributed by atoms with E-state index in [0.717, 1.165) is 109 Å². The number of aliphatic hydroxyl groups excluding tert-OH is 1. The highest BCUT2D eigenvalue weighted by Crippen LogP contribution is 2.45. The maximum absolute atomic E-state index is 13.0. The lowest BCUT2D eigenvalue weighted by atomic mass is 9.99. The minimum absolute atomic E-state index is 0.105. The lowest BCUT2D eigenvalue weighted by molar-refractivity contribution is -0.161. The van der Waals surface area contributed by atoms with Crippen LogP contribution < -0.4 is 0 Å². The van der Waals surface area contributed by atoms with Gasteiger partial charge in [-0.1, -0.05) is 279 Å². The van der Waals surface area contributed by atoms with Crippen molar-refractivity contribution in [1.29, 1.82) is 0 Å². The topological polar surface area (TPSA) is 237 Å². The summed E-state index contributed by atoms with van der Waals surface area (Å²) < 4.78 is 68.0. The molecule has 0 aliphatic carbocycles. The molecule has 0 saturated carbocycles. The molecular formula is C66H128O17P2. The average molecular weight is 1260 g/mol. The van der Waals surface area contributed by atoms with E-state index in [1.807, 2.05) is 0 Å². The molecule has 3 unspecified atom stereocenters. The van der Waals surface area contributed by atoms with Crippen molar-refractivity contribution in [2.45, 2.75) is 349 Å². The van der Waals surface area contributed by atoms with Crippen molar-refractivity contribution >= 4 is 39.5 Å². The summed E-state index contributed by atoms with van der Waals surface area (Å²) in [5.74, 6) is -0.584. The van der Waals surface area contributed by atoms with Crippen LogP contribution in [0.4, 0.5) is 0 Å². The average Bonchev–Trinajstić information content (AvgIpc) is 3.49. The molecule has 0 aliphatic heterocycles. The van der Waals surface area contributed by atoms with Crippen molar-refractivity contribution in [2.75, 3.05) is 39.6 Å². The molecule has 0 saturated heterocycles. The smallest absolute Gasteiger partial charge is 0.462 e. The number of hydrogen-bond donors (Lipinski definition) is 3. The molecule has 0 radical (unpaired) electrons. The van der Waals surface area contributed by atoms with E-state index in [0.29, 0.717) is 31.6 Å². The summed E-state index contributed by atoms with van der Waals surface area (Å²) in [6.07, 6.45) is 41.8. The van der Waals surface area contributed by atoms with Gasteiger partial charge >= 0.3 is 39.5 Å². The number of phosphoric acid groups is 2. The van der Waals surface area contributed by atoms with Crippen molar-refractivity contribution in [3.8, 4) is 0 Å². The second kappa shape index (κ2) is 58.4. The molecule has 0 heterocycles. The van der Waals surface area contributed by atoms with Gasteiger partial charge in [-0.15, -0.1) is 0 Å². The zero-order chi connectivity index (χ0) is 62.9. The van der Waals surface area contributed by atoms with Crippen LogP contribution in [0.3, 0.4) is 0 Å². The molecule has 0 spiro atoms. The Bertz CT molecular complexity index is 1670. The Kier molecular flexibility index (Phi) is 57.1. The second-order valence-corrected chi connectivity index (χ2v) is 27.5. The van der Waals surface area contributed by atoms with Crippen LogP contribution in [-0.2, 0) is 65.4 Å². The minimum atomic E-state index is -4.95. The summed E-state index contributed by atoms with van der Waals surface area (Å²) in [7, 11) is -9.88. The van der Waals surface area contributed by atoms with Crippen LogP contribution in [0.2, 0.25) is 0 Å². The number of hydrogen-bond acceptors (Lipinski definition) is 15. The predicted octanol–water partition coefficient (Wildman–Crippen LogP) is 18.4. The Morgan fingerprint density at radius 3 is 0.894 bits per heavy atom. The van der Waals surface area contributed by atoms with Crippen molar-refractivity contribution in [1.82, 2.24) is 0 Å². The van der Waals surface area contributed by atoms with Gasteiger partial charge in [0.2, 0.25) is 0 Å². The van der Waals surface area contributed by atoms with Crippen LogP contribution in [0, 0.1) is 11.8 Å². The lowest BCUT2D eigenvalue weighted by Gasteiger charge is -2.21. The Morgan fingerprint density at radius 2 is 0.600 bits per heavy atom. The molecule has 504 valence electrons. The number of phosphoric ester groups is 2. The van der Waals surface area contributed by atoms with Gasteiger partial charge in [0.15, 0.2) is 12.2 Å². The number of esters is 4. The van der Waals surface area contributed by atoms with Gasteiger partial charge < -0.3 is 33.8 Å². The van der Waals surface area contributed by atoms with Gasteiger partial charge in [0.1, 0.15) is 19.3 Å². The third kappa shape index (κ3) is 59.5. The van der Waals surface area contributed by atoms with Gasteiger partial charge in [0, 0.05) is 25.7 Å². The summed E-state index contributed by atoms with van der Waals surface area (Å²) in [5, 5.41) is 10.5. The number of carbonyl (C=O) groups is 4. The molecule has 17 nitrogen and oxygen atoms in total. The standard InChI is InChI=1S/C66H128O17P2/c1-7-10-12-14-16-24-31-38-44-50-65(70)82-61(54-76-63(68)48-42-36-30-17-15-13-11-8-2)56-80-84(72,73)78-52-60(67)53-79-85(74,75)81-57-62(55-77-64(69)49-43-37-33-27-28-34-40-46-58(4)5)83-66(71)51-45-39-32-26-23-21-19-18-20-22-25-29-35-41-47-59(6)9-3/h58-62,67H,7-57H2,1-6H3,(H,72,73)(H,74,75)/t59?,60-,61+,62+/m0/s1. The maximum atomic E-state index is 13.0. The molecular weight excluding hydrogens is 1130 g/mol. The number of aliphatic hydroxyl groups is 1. The van der Waals surface area contributed by atoms with Crippen LogP contribution in [0.15, 0.2) is 0 Å². The van der Waals surface area contributed by atoms with Crippen molar-refractivity contribution in [2.24, 2.45) is 11.8 Å². The van der Waals surface area contributed by atoms with Crippen LogP contribution >= 0.6 is 15.6 Å². The molecule has 19 heteroatoms. The fourth-order valence-corrected chi connectivity index (χ4v) is 11.4. The Balaban J connectivity index is 5.17. The molecule has 6 atom stereocenters. The quantitative estimate of drug-likeness (QED) is 0.0222. The van der Waals surface area contributed by atoms with E-state index in [9.17, 15) is 43.2 Å². The summed E-state index contributed by atoms with van der Waals surface area (Å²) >= 11 is 0. The van der Waals surface area contributed by atoms with E-state index in [-0.39, 0.29) is 25.7 Å². The first kappa shape index (κ1) is 83.1. The minimum Gasteiger partial charge on any atom is -0.462 e. The van der Waals surface area contributed by atoms with Gasteiger partial charge in [0.05, 0.1) is 26.4 Å². The van der Waals surface area contributed by atoms with E-state index >= 15 is 0 Å². The molecule has 0 amide bonds. The van der Waals surface area contributed by atoms with Crippen LogP contribution in [0.25, 0.3) is 0 Å². The highest BCUT2D eigenvalue weighted by atomic mass is 31.2. The van der Waals surface area contributed by atoms with Gasteiger partial charge in [0.25, 0.3) is 0 Å². The summed E-state index contributed by atoms with van der Waals surface area (Å²) in [6.45, 7) is 9.47. The Morgan fingerprint density at radius 1 is 0.341 bits per heavy atom. The first-order valence-electron chi connectivity index (χ1n) is 34.5. The normalized spacial score (nSPS) is 14.6. The van der Waals surface area contributed by atoms with Gasteiger partial charge in [-0.2, -0.15) is 0 Å². The van der Waals surface area contributed by atoms with Crippen molar-refractivity contribution in [3.63, 3.8) is 0 Å². The third-order valence-corrected chi connectivity index (χ3v) is 17.5. The zero-order valence-corrected chi connectivity index (χ0v) is 56.7. The van der Waals surface area contributed by atoms with E-state index < -0.39 is 97.5 Å². The van der Waals surface area contributed by atoms with Gasteiger partial charge in [-0.05, 0) is 37.5 Å². The van der Waals surface area contributed by atoms with Crippen LogP contribution in [-0.4, -0.2) is 96.7 Å². The van der Waals surface area contributed by atoms with Gasteiger partial charge in [-0.25, -0.2) is 9.13 Å². The van der Waals surface area contributed by atoms with Gasteiger partial charge in [-0.3, -0.25) is 37.3 Å². The largest absolute Gasteiger partial charge is 0.472 e. The number of unbranched alkanes of at least 4 members (excludes halogenated alkanes) is 34. The van der Waals surface area contributed by atoms with E-state index in [4.69, 9.17) is 37.0 Å². The van der Waals surface area contributed by atoms with Crippen molar-refractivity contribution in [3.05, 3.63) is 0 Å². The van der Waals surface area contributed by atoms with E-state index in [1.165, 1.54) is 135 Å². The van der Waals surface area contributed by atoms with E-state index in [2.05, 4.69) is 41.5 Å². The highest BCUT2D eigenvalue weighted by molar-refractivity contribution is 7.47. The van der Waals surface area contributed by atoms with Crippen molar-refractivity contribution < 1.29 is 80.2 Å². The zero-order valence-electron chi connectivity index (χ0n) is 54.9. The van der Waals surface area contributed by atoms with Crippen LogP contribution in [0.1, 0.15) is 330 Å². The Labute approximate surface area is 517 Å².